The second-order valence-electron chi connectivity index (χ2n) is 3.66. The van der Waals surface area contributed by atoms with Crippen molar-refractivity contribution in [3.8, 4) is 5.75 Å². The summed E-state index contributed by atoms with van der Waals surface area (Å²) in [4.78, 5) is 25.3. The van der Waals surface area contributed by atoms with Gasteiger partial charge in [0, 0.05) is 23.9 Å². The van der Waals surface area contributed by atoms with Gasteiger partial charge in [-0.15, -0.1) is 0 Å². The zero-order chi connectivity index (χ0) is 13.1. The first-order valence-electron chi connectivity index (χ1n) is 5.23. The van der Waals surface area contributed by atoms with Crippen LogP contribution in [0.15, 0.2) is 40.1 Å². The maximum atomic E-state index is 13.7. The molecule has 5 nitrogen and oxygen atoms in total. The summed E-state index contributed by atoms with van der Waals surface area (Å²) in [6.07, 6.45) is 1.26. The third kappa shape index (κ3) is 2.32. The first kappa shape index (κ1) is 12.1. The van der Waals surface area contributed by atoms with Crippen molar-refractivity contribution in [1.82, 2.24) is 9.55 Å². The van der Waals surface area contributed by atoms with Crippen LogP contribution in [-0.2, 0) is 6.54 Å². The van der Waals surface area contributed by atoms with Crippen molar-refractivity contribution in [2.24, 2.45) is 0 Å². The number of hydrogen-bond donors (Lipinski definition) is 1. The quantitative estimate of drug-likeness (QED) is 0.873. The number of nitrogens with one attached hydrogen (secondary N) is 1. The molecule has 0 saturated heterocycles. The van der Waals surface area contributed by atoms with Crippen LogP contribution in [0.25, 0.3) is 0 Å². The number of hydrogen-bond acceptors (Lipinski definition) is 3. The molecule has 6 heteroatoms. The molecule has 94 valence electrons. The average Bonchev–Trinajstić information content (AvgIpc) is 2.35. The Balaban J connectivity index is 2.41. The third-order valence-electron chi connectivity index (χ3n) is 2.53. The Hall–Kier alpha value is -2.37. The number of ether oxygens (including phenoxy) is 1. The molecule has 0 aliphatic heterocycles. The van der Waals surface area contributed by atoms with Crippen LogP contribution in [0.4, 0.5) is 4.39 Å². The number of benzene rings is 1. The molecule has 0 spiro atoms. The maximum absolute atomic E-state index is 13.7. The van der Waals surface area contributed by atoms with Gasteiger partial charge in [0.2, 0.25) is 0 Å². The highest BCUT2D eigenvalue weighted by Crippen LogP contribution is 2.16. The van der Waals surface area contributed by atoms with E-state index in [1.165, 1.54) is 31.5 Å². The van der Waals surface area contributed by atoms with Crippen LogP contribution in [-0.4, -0.2) is 16.7 Å². The lowest BCUT2D eigenvalue weighted by molar-refractivity contribution is 0.410. The van der Waals surface area contributed by atoms with Crippen molar-refractivity contribution in [3.05, 3.63) is 62.7 Å². The first-order chi connectivity index (χ1) is 8.61. The number of methoxy groups -OCH3 is 1. The van der Waals surface area contributed by atoms with Crippen molar-refractivity contribution in [2.75, 3.05) is 7.11 Å². The van der Waals surface area contributed by atoms with E-state index in [0.29, 0.717) is 5.75 Å². The van der Waals surface area contributed by atoms with Crippen LogP contribution in [0.5, 0.6) is 5.75 Å². The van der Waals surface area contributed by atoms with Crippen molar-refractivity contribution in [3.63, 3.8) is 0 Å². The topological polar surface area (TPSA) is 64.1 Å². The van der Waals surface area contributed by atoms with E-state index in [1.54, 1.807) is 6.07 Å². The van der Waals surface area contributed by atoms with Crippen LogP contribution < -0.4 is 16.0 Å². The number of halogens is 1. The minimum atomic E-state index is -0.572. The summed E-state index contributed by atoms with van der Waals surface area (Å²) in [5, 5.41) is 0. The normalized spacial score (nSPS) is 10.3. The number of aromatic nitrogens is 2. The molecule has 0 bridgehead atoms. The zero-order valence-electron chi connectivity index (χ0n) is 9.64. The molecule has 1 aromatic heterocycles. The van der Waals surface area contributed by atoms with E-state index < -0.39 is 17.1 Å². The van der Waals surface area contributed by atoms with E-state index in [-0.39, 0.29) is 12.1 Å². The molecule has 0 saturated carbocycles. The van der Waals surface area contributed by atoms with Gasteiger partial charge in [-0.05, 0) is 6.07 Å². The number of nitrogens with zero attached hydrogens (tertiary/aromatic N) is 1. The van der Waals surface area contributed by atoms with E-state index in [2.05, 4.69) is 4.98 Å². The fraction of sp³-hybridized carbons (Fsp3) is 0.167. The third-order valence-corrected chi connectivity index (χ3v) is 2.53. The fourth-order valence-corrected chi connectivity index (χ4v) is 1.56. The van der Waals surface area contributed by atoms with Crippen LogP contribution in [0.3, 0.4) is 0 Å². The second kappa shape index (κ2) is 4.87. The van der Waals surface area contributed by atoms with Crippen molar-refractivity contribution >= 4 is 0 Å². The van der Waals surface area contributed by atoms with E-state index in [0.717, 1.165) is 4.57 Å². The summed E-state index contributed by atoms with van der Waals surface area (Å²) < 4.78 is 19.5. The van der Waals surface area contributed by atoms with Gasteiger partial charge >= 0.3 is 5.69 Å². The number of aromatic amines is 1. The maximum Gasteiger partial charge on any atom is 0.328 e. The lowest BCUT2D eigenvalue weighted by atomic mass is 10.2. The molecule has 0 atom stereocenters. The molecule has 2 rings (SSSR count). The molecule has 1 heterocycles. The van der Waals surface area contributed by atoms with Gasteiger partial charge in [0.15, 0.2) is 0 Å². The minimum Gasteiger partial charge on any atom is -0.497 e. The number of rotatable bonds is 3. The zero-order valence-corrected chi connectivity index (χ0v) is 9.64. The molecular weight excluding hydrogens is 239 g/mol. The number of H-pyrrole nitrogens is 1. The van der Waals surface area contributed by atoms with Gasteiger partial charge < -0.3 is 9.72 Å². The molecule has 0 radical (unpaired) electrons. The minimum absolute atomic E-state index is 0.120. The molecule has 0 aliphatic carbocycles. The Bertz CT molecular complexity index is 647. The SMILES string of the molecule is COc1ccc(Cn2c(=O)cc[nH]c2=O)c(F)c1. The predicted molar refractivity (Wildman–Crippen MR) is 63.4 cm³/mol. The molecular formula is C12H11FN2O3. The average molecular weight is 250 g/mol. The van der Waals surface area contributed by atoms with Gasteiger partial charge in [0.05, 0.1) is 13.7 Å². The predicted octanol–water partition coefficient (Wildman–Crippen LogP) is 0.733. The molecule has 0 amide bonds. The van der Waals surface area contributed by atoms with E-state index in [4.69, 9.17) is 4.74 Å². The second-order valence-corrected chi connectivity index (χ2v) is 3.66. The summed E-state index contributed by atoms with van der Waals surface area (Å²) in [6, 6.07) is 5.47. The standard InChI is InChI=1S/C12H11FN2O3/c1-18-9-3-2-8(10(13)6-9)7-15-11(16)4-5-14-12(15)17/h2-6H,7H2,1H3,(H,14,17). The van der Waals surface area contributed by atoms with Gasteiger partial charge in [-0.25, -0.2) is 9.18 Å². The highest BCUT2D eigenvalue weighted by molar-refractivity contribution is 5.29. The van der Waals surface area contributed by atoms with Gasteiger partial charge in [0.25, 0.3) is 5.56 Å². The fourth-order valence-electron chi connectivity index (χ4n) is 1.56. The molecule has 0 aliphatic rings. The Kier molecular flexibility index (Phi) is 3.27. The Morgan fingerprint density at radius 2 is 2.11 bits per heavy atom. The molecule has 2 aromatic rings. The van der Waals surface area contributed by atoms with Gasteiger partial charge in [-0.3, -0.25) is 9.36 Å². The summed E-state index contributed by atoms with van der Waals surface area (Å²) in [5.41, 5.74) is -0.804. The molecule has 1 N–H and O–H groups in total. The lowest BCUT2D eigenvalue weighted by Gasteiger charge is -2.06. The first-order valence-corrected chi connectivity index (χ1v) is 5.23. The van der Waals surface area contributed by atoms with E-state index in [9.17, 15) is 14.0 Å². The highest BCUT2D eigenvalue weighted by atomic mass is 19.1. The lowest BCUT2D eigenvalue weighted by Crippen LogP contribution is -2.34. The smallest absolute Gasteiger partial charge is 0.328 e. The Labute approximate surface area is 101 Å². The Morgan fingerprint density at radius 3 is 2.72 bits per heavy atom. The van der Waals surface area contributed by atoms with Crippen molar-refractivity contribution < 1.29 is 9.13 Å². The van der Waals surface area contributed by atoms with Crippen LogP contribution in [0, 0.1) is 5.82 Å². The molecule has 1 aromatic carbocycles. The van der Waals surface area contributed by atoms with Crippen LogP contribution in [0.2, 0.25) is 0 Å². The summed E-state index contributed by atoms with van der Waals surface area (Å²) in [5.74, 6) is -0.143. The monoisotopic (exact) mass is 250 g/mol. The summed E-state index contributed by atoms with van der Waals surface area (Å²) in [6.45, 7) is -0.120. The van der Waals surface area contributed by atoms with Crippen LogP contribution in [0.1, 0.15) is 5.56 Å². The van der Waals surface area contributed by atoms with Gasteiger partial charge in [-0.1, -0.05) is 6.07 Å². The van der Waals surface area contributed by atoms with Gasteiger partial charge in [0.1, 0.15) is 11.6 Å². The van der Waals surface area contributed by atoms with Crippen molar-refractivity contribution in [1.29, 1.82) is 0 Å². The van der Waals surface area contributed by atoms with E-state index in [1.807, 2.05) is 0 Å². The van der Waals surface area contributed by atoms with Gasteiger partial charge in [-0.2, -0.15) is 0 Å². The highest BCUT2D eigenvalue weighted by Gasteiger charge is 2.07. The molecule has 18 heavy (non-hydrogen) atoms. The summed E-state index contributed by atoms with van der Waals surface area (Å²) in [7, 11) is 1.43. The molecule has 0 unspecified atom stereocenters. The Morgan fingerprint density at radius 1 is 1.33 bits per heavy atom. The summed E-state index contributed by atoms with van der Waals surface area (Å²) >= 11 is 0. The van der Waals surface area contributed by atoms with E-state index >= 15 is 0 Å². The largest absolute Gasteiger partial charge is 0.497 e. The van der Waals surface area contributed by atoms with Crippen LogP contribution >= 0.6 is 0 Å². The van der Waals surface area contributed by atoms with Crippen molar-refractivity contribution in [2.45, 2.75) is 6.54 Å². The molecule has 0 fully saturated rings.